The van der Waals surface area contributed by atoms with E-state index in [9.17, 15) is 18.0 Å². The predicted octanol–water partition coefficient (Wildman–Crippen LogP) is 6.01. The molecule has 0 aliphatic carbocycles. The highest BCUT2D eigenvalue weighted by Crippen LogP contribution is 2.26. The molecule has 0 aliphatic rings. The maximum Gasteiger partial charge on any atom is 0.264 e. The molecule has 0 saturated heterocycles. The fraction of sp³-hybridized carbons (Fsp3) is 0.235. The second kappa shape index (κ2) is 14.4. The van der Waals surface area contributed by atoms with Crippen LogP contribution in [0.25, 0.3) is 0 Å². The fourth-order valence-electron chi connectivity index (χ4n) is 4.70. The second-order valence-electron chi connectivity index (χ2n) is 10.6. The van der Waals surface area contributed by atoms with E-state index in [1.165, 1.54) is 17.0 Å². The van der Waals surface area contributed by atoms with Gasteiger partial charge < -0.3 is 10.2 Å². The lowest BCUT2D eigenvalue weighted by Gasteiger charge is -2.34. The number of halogens is 1. The van der Waals surface area contributed by atoms with Crippen LogP contribution in [0.15, 0.2) is 114 Å². The van der Waals surface area contributed by atoms with Gasteiger partial charge >= 0.3 is 0 Å². The van der Waals surface area contributed by atoms with Crippen molar-refractivity contribution in [2.75, 3.05) is 10.8 Å². The Kier molecular flexibility index (Phi) is 10.6. The topological polar surface area (TPSA) is 86.8 Å². The number of carbonyl (C=O) groups is 2. The molecule has 0 saturated carbocycles. The normalized spacial score (nSPS) is 12.0. The van der Waals surface area contributed by atoms with E-state index < -0.39 is 28.5 Å². The Morgan fingerprint density at radius 1 is 0.814 bits per heavy atom. The third-order valence-corrected chi connectivity index (χ3v) is 9.09. The quantitative estimate of drug-likeness (QED) is 0.211. The minimum atomic E-state index is -4.14. The fourth-order valence-corrected chi connectivity index (χ4v) is 6.33. The van der Waals surface area contributed by atoms with E-state index >= 15 is 0 Å². The highest BCUT2D eigenvalue weighted by Gasteiger charge is 2.35. The van der Waals surface area contributed by atoms with Gasteiger partial charge in [-0.15, -0.1) is 0 Å². The Bertz CT molecular complexity index is 1630. The molecule has 0 bridgehead atoms. The minimum Gasteiger partial charge on any atom is -0.352 e. The monoisotopic (exact) mass is 617 g/mol. The van der Waals surface area contributed by atoms with Gasteiger partial charge in [0.15, 0.2) is 0 Å². The summed E-state index contributed by atoms with van der Waals surface area (Å²) in [7, 11) is -4.14. The Morgan fingerprint density at radius 3 is 2.00 bits per heavy atom. The number of nitrogens with zero attached hydrogens (tertiary/aromatic N) is 2. The van der Waals surface area contributed by atoms with Crippen LogP contribution in [0.4, 0.5) is 5.69 Å². The molecule has 224 valence electrons. The van der Waals surface area contributed by atoms with Gasteiger partial charge in [-0.05, 0) is 62.2 Å². The van der Waals surface area contributed by atoms with E-state index in [0.29, 0.717) is 16.3 Å². The molecule has 0 aromatic heterocycles. The van der Waals surface area contributed by atoms with Crippen LogP contribution < -0.4 is 9.62 Å². The van der Waals surface area contributed by atoms with Gasteiger partial charge in [-0.3, -0.25) is 13.9 Å². The molecule has 4 rings (SSSR count). The van der Waals surface area contributed by atoms with Gasteiger partial charge in [-0.1, -0.05) is 96.0 Å². The molecule has 0 fully saturated rings. The first kappa shape index (κ1) is 31.8. The Labute approximate surface area is 259 Å². The van der Waals surface area contributed by atoms with Crippen LogP contribution in [0.5, 0.6) is 0 Å². The summed E-state index contributed by atoms with van der Waals surface area (Å²) in [5, 5.41) is 3.39. The third kappa shape index (κ3) is 8.24. The average molecular weight is 618 g/mol. The van der Waals surface area contributed by atoms with Crippen LogP contribution in [0.1, 0.15) is 30.5 Å². The molecule has 9 heteroatoms. The van der Waals surface area contributed by atoms with E-state index in [1.54, 1.807) is 60.7 Å². The molecular weight excluding hydrogens is 582 g/mol. The number of hydrogen-bond donors (Lipinski definition) is 1. The molecule has 2 amide bonds. The summed E-state index contributed by atoms with van der Waals surface area (Å²) in [5.74, 6) is -0.883. The van der Waals surface area contributed by atoms with E-state index in [-0.39, 0.29) is 29.8 Å². The standard InChI is InChI=1S/C34H36ClN3O4S/c1-25(2)36-34(40)32(22-27-12-6-4-7-13-27)37(23-28-14-10-11-17-31(28)35)33(39)24-38(29-20-18-26(3)19-21-29)43(41,42)30-15-8-5-9-16-30/h4-21,25,32H,22-24H2,1-3H3,(H,36,40). The lowest BCUT2D eigenvalue weighted by atomic mass is 10.0. The van der Waals surface area contributed by atoms with Crippen LogP contribution in [0, 0.1) is 6.92 Å². The molecule has 0 heterocycles. The third-order valence-electron chi connectivity index (χ3n) is 6.93. The van der Waals surface area contributed by atoms with E-state index in [2.05, 4.69) is 5.32 Å². The molecule has 0 radical (unpaired) electrons. The largest absolute Gasteiger partial charge is 0.352 e. The van der Waals surface area contributed by atoms with Crippen LogP contribution in [0.2, 0.25) is 5.02 Å². The Morgan fingerprint density at radius 2 is 1.40 bits per heavy atom. The number of benzene rings is 4. The molecule has 1 atom stereocenters. The van der Waals surface area contributed by atoms with Gasteiger partial charge in [0.1, 0.15) is 12.6 Å². The lowest BCUT2D eigenvalue weighted by Crippen LogP contribution is -2.54. The Hall–Kier alpha value is -4.14. The molecule has 0 aliphatic heterocycles. The SMILES string of the molecule is Cc1ccc(N(CC(=O)N(Cc2ccccc2Cl)C(Cc2ccccc2)C(=O)NC(C)C)S(=O)(=O)c2ccccc2)cc1. The smallest absolute Gasteiger partial charge is 0.264 e. The number of rotatable bonds is 12. The summed E-state index contributed by atoms with van der Waals surface area (Å²) in [5.41, 5.74) is 2.78. The predicted molar refractivity (Wildman–Crippen MR) is 171 cm³/mol. The van der Waals surface area contributed by atoms with Crippen molar-refractivity contribution in [3.8, 4) is 0 Å². The van der Waals surface area contributed by atoms with Crippen molar-refractivity contribution < 1.29 is 18.0 Å². The zero-order valence-corrected chi connectivity index (χ0v) is 26.1. The number of hydrogen-bond acceptors (Lipinski definition) is 4. The van der Waals surface area contributed by atoms with Gasteiger partial charge in [0, 0.05) is 24.0 Å². The average Bonchev–Trinajstić information content (AvgIpc) is 2.99. The van der Waals surface area contributed by atoms with Gasteiger partial charge in [-0.2, -0.15) is 0 Å². The Balaban J connectivity index is 1.80. The zero-order chi connectivity index (χ0) is 31.0. The summed E-state index contributed by atoms with van der Waals surface area (Å²) in [6, 6.07) is 30.4. The van der Waals surface area contributed by atoms with Crippen LogP contribution in [-0.4, -0.2) is 43.8 Å². The summed E-state index contributed by atoms with van der Waals surface area (Å²) in [6.45, 7) is 5.09. The zero-order valence-electron chi connectivity index (χ0n) is 24.5. The number of sulfonamides is 1. The number of carbonyl (C=O) groups excluding carboxylic acids is 2. The molecule has 4 aromatic rings. The van der Waals surface area contributed by atoms with E-state index in [4.69, 9.17) is 11.6 Å². The van der Waals surface area contributed by atoms with Crippen LogP contribution in [-0.2, 0) is 32.6 Å². The molecule has 1 N–H and O–H groups in total. The summed E-state index contributed by atoms with van der Waals surface area (Å²) < 4.78 is 29.1. The minimum absolute atomic E-state index is 0.00858. The molecule has 1 unspecified atom stereocenters. The van der Waals surface area contributed by atoms with Crippen molar-refractivity contribution in [3.05, 3.63) is 131 Å². The first-order valence-electron chi connectivity index (χ1n) is 14.1. The van der Waals surface area contributed by atoms with Crippen molar-refractivity contribution in [1.82, 2.24) is 10.2 Å². The van der Waals surface area contributed by atoms with Crippen molar-refractivity contribution in [3.63, 3.8) is 0 Å². The van der Waals surface area contributed by atoms with Gasteiger partial charge in [0.2, 0.25) is 11.8 Å². The van der Waals surface area contributed by atoms with Crippen molar-refractivity contribution >= 4 is 39.1 Å². The lowest BCUT2D eigenvalue weighted by molar-refractivity contribution is -0.140. The highest BCUT2D eigenvalue weighted by atomic mass is 35.5. The van der Waals surface area contributed by atoms with Gasteiger partial charge in [-0.25, -0.2) is 8.42 Å². The maximum atomic E-state index is 14.4. The maximum absolute atomic E-state index is 14.4. The van der Waals surface area contributed by atoms with Crippen molar-refractivity contribution in [2.45, 2.75) is 50.7 Å². The van der Waals surface area contributed by atoms with Crippen LogP contribution >= 0.6 is 11.6 Å². The first-order chi connectivity index (χ1) is 20.6. The summed E-state index contributed by atoms with van der Waals surface area (Å²) in [4.78, 5) is 29.6. The second-order valence-corrected chi connectivity index (χ2v) is 12.9. The number of amides is 2. The molecular formula is C34H36ClN3O4S. The highest BCUT2D eigenvalue weighted by molar-refractivity contribution is 7.92. The number of aryl methyl sites for hydroxylation is 1. The van der Waals surface area contributed by atoms with E-state index in [0.717, 1.165) is 15.4 Å². The summed E-state index contributed by atoms with van der Waals surface area (Å²) in [6.07, 6.45) is 0.228. The molecule has 4 aromatic carbocycles. The number of nitrogens with one attached hydrogen (secondary N) is 1. The van der Waals surface area contributed by atoms with E-state index in [1.807, 2.05) is 57.2 Å². The summed E-state index contributed by atoms with van der Waals surface area (Å²) >= 11 is 6.53. The molecule has 7 nitrogen and oxygen atoms in total. The van der Waals surface area contributed by atoms with Gasteiger partial charge in [0.05, 0.1) is 10.6 Å². The van der Waals surface area contributed by atoms with Crippen molar-refractivity contribution in [2.24, 2.45) is 0 Å². The van der Waals surface area contributed by atoms with Crippen LogP contribution in [0.3, 0.4) is 0 Å². The first-order valence-corrected chi connectivity index (χ1v) is 15.9. The number of anilines is 1. The van der Waals surface area contributed by atoms with Crippen molar-refractivity contribution in [1.29, 1.82) is 0 Å². The van der Waals surface area contributed by atoms with Gasteiger partial charge in [0.25, 0.3) is 10.0 Å². The molecule has 43 heavy (non-hydrogen) atoms. The molecule has 0 spiro atoms.